The number of benzene rings is 3. The second kappa shape index (κ2) is 11.1. The molecule has 0 N–H and O–H groups in total. The second-order valence-electron chi connectivity index (χ2n) is 7.24. The van der Waals surface area contributed by atoms with Crippen LogP contribution in [-0.4, -0.2) is 24.4 Å². The number of thioether (sulfide) groups is 1. The van der Waals surface area contributed by atoms with E-state index in [2.05, 4.69) is 0 Å². The first kappa shape index (κ1) is 25.7. The number of hydrogen-bond donors (Lipinski definition) is 0. The third kappa shape index (κ3) is 5.55. The Labute approximate surface area is 227 Å². The molecule has 1 aliphatic heterocycles. The van der Waals surface area contributed by atoms with Crippen molar-refractivity contribution in [3.63, 3.8) is 0 Å². The zero-order valence-electron chi connectivity index (χ0n) is 18.5. The van der Waals surface area contributed by atoms with Gasteiger partial charge >= 0.3 is 0 Å². The Balaban J connectivity index is 1.64. The standard InChI is InChI=1S/C25H18Cl3NO4S2/c1-31-20-9-8-17(12-19(20)28)29-24(30)22(35-25(29)34)10-14-4-3-5-21(32-2)23(14)33-13-15-6-7-16(26)11-18(15)27/h3-12H,13H2,1-2H3/b22-10+. The maximum absolute atomic E-state index is 13.3. The average molecular weight is 567 g/mol. The summed E-state index contributed by atoms with van der Waals surface area (Å²) in [4.78, 5) is 15.2. The summed E-state index contributed by atoms with van der Waals surface area (Å²) in [7, 11) is 3.08. The molecule has 0 saturated carbocycles. The summed E-state index contributed by atoms with van der Waals surface area (Å²) < 4.78 is 17.2. The van der Waals surface area contributed by atoms with E-state index < -0.39 is 0 Å². The van der Waals surface area contributed by atoms with Crippen LogP contribution in [0.2, 0.25) is 15.1 Å². The zero-order chi connectivity index (χ0) is 25.1. The van der Waals surface area contributed by atoms with Crippen molar-refractivity contribution >= 4 is 80.8 Å². The first-order valence-electron chi connectivity index (χ1n) is 10.2. The van der Waals surface area contributed by atoms with Crippen molar-refractivity contribution in [3.8, 4) is 17.2 Å². The summed E-state index contributed by atoms with van der Waals surface area (Å²) in [6.45, 7) is 0.183. The summed E-state index contributed by atoms with van der Waals surface area (Å²) in [5.74, 6) is 1.23. The molecule has 3 aromatic rings. The van der Waals surface area contributed by atoms with E-state index in [0.29, 0.717) is 52.8 Å². The number of hydrogen-bond acceptors (Lipinski definition) is 6. The number of halogens is 3. The predicted octanol–water partition coefficient (Wildman–Crippen LogP) is 7.65. The Morgan fingerprint density at radius 1 is 0.971 bits per heavy atom. The molecular formula is C25H18Cl3NO4S2. The molecular weight excluding hydrogens is 549 g/mol. The molecule has 1 aliphatic rings. The van der Waals surface area contributed by atoms with Crippen LogP contribution in [-0.2, 0) is 11.4 Å². The van der Waals surface area contributed by atoms with E-state index in [4.69, 9.17) is 61.2 Å². The molecule has 0 radical (unpaired) electrons. The highest BCUT2D eigenvalue weighted by atomic mass is 35.5. The number of para-hydroxylation sites is 1. The number of amides is 1. The third-order valence-electron chi connectivity index (χ3n) is 5.09. The monoisotopic (exact) mass is 565 g/mol. The number of ether oxygens (including phenoxy) is 3. The summed E-state index contributed by atoms with van der Waals surface area (Å²) in [6.07, 6.45) is 1.73. The molecule has 0 atom stereocenters. The number of methoxy groups -OCH3 is 2. The number of anilines is 1. The van der Waals surface area contributed by atoms with E-state index in [0.717, 1.165) is 5.56 Å². The zero-order valence-corrected chi connectivity index (χ0v) is 22.4. The van der Waals surface area contributed by atoms with Gasteiger partial charge in [0.05, 0.1) is 29.8 Å². The van der Waals surface area contributed by atoms with Gasteiger partial charge in [-0.05, 0) is 42.5 Å². The highest BCUT2D eigenvalue weighted by Crippen LogP contribution is 2.41. The third-order valence-corrected chi connectivity index (χ3v) is 7.27. The van der Waals surface area contributed by atoms with Gasteiger partial charge in [0.2, 0.25) is 0 Å². The predicted molar refractivity (Wildman–Crippen MR) is 147 cm³/mol. The molecule has 4 rings (SSSR count). The first-order valence-corrected chi connectivity index (χ1v) is 12.5. The maximum atomic E-state index is 13.3. The van der Waals surface area contributed by atoms with E-state index in [1.807, 2.05) is 12.1 Å². The number of carbonyl (C=O) groups excluding carboxylic acids is 1. The number of rotatable bonds is 7. The molecule has 180 valence electrons. The van der Waals surface area contributed by atoms with Crippen LogP contribution in [0.1, 0.15) is 11.1 Å². The molecule has 0 bridgehead atoms. The smallest absolute Gasteiger partial charge is 0.270 e. The van der Waals surface area contributed by atoms with Crippen LogP contribution >= 0.6 is 58.8 Å². The van der Waals surface area contributed by atoms with E-state index in [1.54, 1.807) is 55.7 Å². The van der Waals surface area contributed by atoms with Crippen molar-refractivity contribution in [1.29, 1.82) is 0 Å². The lowest BCUT2D eigenvalue weighted by Gasteiger charge is -2.16. The molecule has 35 heavy (non-hydrogen) atoms. The van der Waals surface area contributed by atoms with Crippen LogP contribution in [0, 0.1) is 0 Å². The van der Waals surface area contributed by atoms with Gasteiger partial charge in [0.25, 0.3) is 5.91 Å². The first-order chi connectivity index (χ1) is 16.8. The Morgan fingerprint density at radius 2 is 1.74 bits per heavy atom. The topological polar surface area (TPSA) is 48.0 Å². The summed E-state index contributed by atoms with van der Waals surface area (Å²) in [5.41, 5.74) is 1.97. The highest BCUT2D eigenvalue weighted by Gasteiger charge is 2.34. The largest absolute Gasteiger partial charge is 0.495 e. The molecule has 0 spiro atoms. The Morgan fingerprint density at radius 3 is 2.43 bits per heavy atom. The number of thiocarbonyl (C=S) groups is 1. The summed E-state index contributed by atoms with van der Waals surface area (Å²) in [5, 5.41) is 1.41. The Hall–Kier alpha value is -2.42. The van der Waals surface area contributed by atoms with E-state index in [9.17, 15) is 4.79 Å². The quantitative estimate of drug-likeness (QED) is 0.216. The van der Waals surface area contributed by atoms with Gasteiger partial charge in [-0.25, -0.2) is 0 Å². The summed E-state index contributed by atoms with van der Waals surface area (Å²) >= 11 is 25.2. The van der Waals surface area contributed by atoms with Crippen molar-refractivity contribution in [2.24, 2.45) is 0 Å². The van der Waals surface area contributed by atoms with Crippen LogP contribution in [0.3, 0.4) is 0 Å². The van der Waals surface area contributed by atoms with Gasteiger partial charge in [-0.2, -0.15) is 0 Å². The molecule has 1 fully saturated rings. The summed E-state index contributed by atoms with van der Waals surface area (Å²) in [6, 6.07) is 15.7. The van der Waals surface area contributed by atoms with E-state index >= 15 is 0 Å². The highest BCUT2D eigenvalue weighted by molar-refractivity contribution is 8.27. The number of carbonyl (C=O) groups is 1. The van der Waals surface area contributed by atoms with Crippen molar-refractivity contribution in [1.82, 2.24) is 0 Å². The van der Waals surface area contributed by atoms with E-state index in [-0.39, 0.29) is 12.5 Å². The molecule has 5 nitrogen and oxygen atoms in total. The Kier molecular flexibility index (Phi) is 8.14. The molecule has 1 amide bonds. The van der Waals surface area contributed by atoms with Crippen molar-refractivity contribution < 1.29 is 19.0 Å². The SMILES string of the molecule is COc1ccc(N2C(=O)/C(=C\c3cccc(OC)c3OCc3ccc(Cl)cc3Cl)SC2=S)cc1Cl. The fourth-order valence-electron chi connectivity index (χ4n) is 3.38. The van der Waals surface area contributed by atoms with Gasteiger partial charge < -0.3 is 14.2 Å². The van der Waals surface area contributed by atoms with E-state index in [1.165, 1.54) is 23.8 Å². The molecule has 1 heterocycles. The fourth-order valence-corrected chi connectivity index (χ4v) is 5.38. The van der Waals surface area contributed by atoms with Crippen molar-refractivity contribution in [2.75, 3.05) is 19.1 Å². The molecule has 0 aliphatic carbocycles. The number of nitrogens with zero attached hydrogens (tertiary/aromatic N) is 1. The van der Waals surface area contributed by atoms with Crippen molar-refractivity contribution in [3.05, 3.63) is 85.7 Å². The molecule has 10 heteroatoms. The van der Waals surface area contributed by atoms with Crippen LogP contribution in [0.4, 0.5) is 5.69 Å². The average Bonchev–Trinajstić information content (AvgIpc) is 3.11. The minimum Gasteiger partial charge on any atom is -0.495 e. The van der Waals surface area contributed by atoms with Gasteiger partial charge in [-0.3, -0.25) is 9.69 Å². The van der Waals surface area contributed by atoms with Crippen LogP contribution in [0.15, 0.2) is 59.5 Å². The van der Waals surface area contributed by atoms with Crippen LogP contribution in [0.25, 0.3) is 6.08 Å². The lowest BCUT2D eigenvalue weighted by molar-refractivity contribution is -0.113. The maximum Gasteiger partial charge on any atom is 0.270 e. The second-order valence-corrected chi connectivity index (χ2v) is 10.2. The minimum absolute atomic E-state index is 0.183. The minimum atomic E-state index is -0.268. The van der Waals surface area contributed by atoms with Crippen LogP contribution in [0.5, 0.6) is 17.2 Å². The molecule has 3 aromatic carbocycles. The molecule has 0 unspecified atom stereocenters. The fraction of sp³-hybridized carbons (Fsp3) is 0.120. The van der Waals surface area contributed by atoms with Crippen molar-refractivity contribution in [2.45, 2.75) is 6.61 Å². The normalized spacial score (nSPS) is 14.5. The molecule has 0 aromatic heterocycles. The van der Waals surface area contributed by atoms with Crippen LogP contribution < -0.4 is 19.1 Å². The Bertz CT molecular complexity index is 1350. The molecule has 1 saturated heterocycles. The lowest BCUT2D eigenvalue weighted by atomic mass is 10.1. The van der Waals surface area contributed by atoms with Gasteiger partial charge in [-0.1, -0.05) is 77.0 Å². The van der Waals surface area contributed by atoms with Gasteiger partial charge in [0.15, 0.2) is 15.8 Å². The van der Waals surface area contributed by atoms with Gasteiger partial charge in [0.1, 0.15) is 12.4 Å². The van der Waals surface area contributed by atoms with Gasteiger partial charge in [0, 0.05) is 21.2 Å². The van der Waals surface area contributed by atoms with Gasteiger partial charge in [-0.15, -0.1) is 0 Å². The lowest BCUT2D eigenvalue weighted by Crippen LogP contribution is -2.27.